The van der Waals surface area contributed by atoms with E-state index in [0.29, 0.717) is 12.1 Å². The van der Waals surface area contributed by atoms with Gasteiger partial charge in [0, 0.05) is 37.6 Å². The Morgan fingerprint density at radius 3 is 2.58 bits per heavy atom. The number of hydrogen-bond donors (Lipinski definition) is 5. The summed E-state index contributed by atoms with van der Waals surface area (Å²) in [6.45, 7) is 4.52. The molecule has 11 heteroatoms. The summed E-state index contributed by atoms with van der Waals surface area (Å²) in [5.41, 5.74) is 3.69. The third-order valence-corrected chi connectivity index (χ3v) is 7.76. The van der Waals surface area contributed by atoms with E-state index in [1.165, 1.54) is 17.0 Å². The fourth-order valence-electron chi connectivity index (χ4n) is 5.58. The standard InChI is InChI=1S/C34H35N7O4/c1-2-15-36-20-31(43)41-29(16-23-11-13-27(42)14-12-23)33(44)40(21-25-9-6-10-28-26(17-35)19-37-32(25)28)22-30(41)39-34(45)38-18-24-7-4-3-5-8-24/h2-14,19,29-30,36-37,42H,1,15-16,18,20-22H2,(H2,38,39,45)/t29-,30+/m0/s1. The summed E-state index contributed by atoms with van der Waals surface area (Å²) in [6.07, 6.45) is 2.59. The molecule has 11 nitrogen and oxygen atoms in total. The van der Waals surface area contributed by atoms with Crippen LogP contribution in [0.1, 0.15) is 22.3 Å². The third kappa shape index (κ3) is 7.31. The van der Waals surface area contributed by atoms with Crippen molar-refractivity contribution >= 4 is 28.7 Å². The number of phenols is 1. The maximum absolute atomic E-state index is 14.2. The molecule has 4 amide bonds. The maximum atomic E-state index is 14.2. The SMILES string of the molecule is C=CCNCC(=O)N1[C@@H](NC(=O)NCc2ccccc2)CN(Cc2cccc3c(C#N)c[nH]c23)C(=O)[C@@H]1Cc1ccc(O)cc1. The van der Waals surface area contributed by atoms with Gasteiger partial charge in [0.15, 0.2) is 0 Å². The van der Waals surface area contributed by atoms with Crippen molar-refractivity contribution in [3.63, 3.8) is 0 Å². The van der Waals surface area contributed by atoms with E-state index in [0.717, 1.165) is 27.6 Å². The fourth-order valence-corrected chi connectivity index (χ4v) is 5.58. The highest BCUT2D eigenvalue weighted by atomic mass is 16.3. The number of rotatable bonds is 11. The number of urea groups is 1. The molecule has 4 aromatic rings. The van der Waals surface area contributed by atoms with Gasteiger partial charge in [-0.2, -0.15) is 5.26 Å². The summed E-state index contributed by atoms with van der Waals surface area (Å²) in [5, 5.41) is 28.9. The van der Waals surface area contributed by atoms with E-state index in [1.807, 2.05) is 48.5 Å². The number of fused-ring (bicyclic) bond motifs is 1. The largest absolute Gasteiger partial charge is 0.508 e. The summed E-state index contributed by atoms with van der Waals surface area (Å²) in [7, 11) is 0. The highest BCUT2D eigenvalue weighted by Gasteiger charge is 2.43. The van der Waals surface area contributed by atoms with Crippen LogP contribution >= 0.6 is 0 Å². The predicted molar refractivity (Wildman–Crippen MR) is 170 cm³/mol. The number of H-pyrrole nitrogens is 1. The van der Waals surface area contributed by atoms with Gasteiger partial charge in [-0.25, -0.2) is 4.79 Å². The predicted octanol–water partition coefficient (Wildman–Crippen LogP) is 3.13. The van der Waals surface area contributed by atoms with E-state index in [1.54, 1.807) is 29.3 Å². The molecule has 1 fully saturated rings. The van der Waals surface area contributed by atoms with E-state index in [2.05, 4.69) is 33.6 Å². The molecule has 0 bridgehead atoms. The normalized spacial score (nSPS) is 16.3. The van der Waals surface area contributed by atoms with Crippen LogP contribution in [0.4, 0.5) is 4.79 Å². The molecule has 1 aromatic heterocycles. The highest BCUT2D eigenvalue weighted by molar-refractivity contribution is 5.92. The lowest BCUT2D eigenvalue weighted by molar-refractivity contribution is -0.156. The van der Waals surface area contributed by atoms with Crippen LogP contribution < -0.4 is 16.0 Å². The highest BCUT2D eigenvalue weighted by Crippen LogP contribution is 2.26. The third-order valence-electron chi connectivity index (χ3n) is 7.76. The van der Waals surface area contributed by atoms with Crippen molar-refractivity contribution < 1.29 is 19.5 Å². The molecule has 1 aliphatic rings. The van der Waals surface area contributed by atoms with Crippen molar-refractivity contribution in [1.82, 2.24) is 30.7 Å². The van der Waals surface area contributed by atoms with Gasteiger partial charge in [0.25, 0.3) is 0 Å². The molecule has 3 aromatic carbocycles. The van der Waals surface area contributed by atoms with Crippen molar-refractivity contribution in [3.8, 4) is 11.8 Å². The first-order valence-electron chi connectivity index (χ1n) is 14.6. The Morgan fingerprint density at radius 2 is 1.84 bits per heavy atom. The molecule has 1 aliphatic heterocycles. The number of carbonyl (C=O) groups is 3. The van der Waals surface area contributed by atoms with Gasteiger partial charge in [-0.1, -0.05) is 66.7 Å². The molecule has 45 heavy (non-hydrogen) atoms. The molecule has 2 atom stereocenters. The van der Waals surface area contributed by atoms with Crippen LogP contribution in [-0.2, 0) is 29.1 Å². The Labute approximate surface area is 261 Å². The first-order valence-corrected chi connectivity index (χ1v) is 14.6. The van der Waals surface area contributed by atoms with Crippen molar-refractivity contribution in [3.05, 3.63) is 114 Å². The Hall–Kier alpha value is -5.60. The van der Waals surface area contributed by atoms with Crippen LogP contribution in [0, 0.1) is 11.3 Å². The number of piperazine rings is 1. The van der Waals surface area contributed by atoms with Gasteiger partial charge in [-0.15, -0.1) is 6.58 Å². The summed E-state index contributed by atoms with van der Waals surface area (Å²) in [6, 6.07) is 22.2. The van der Waals surface area contributed by atoms with Crippen LogP contribution in [0.15, 0.2) is 91.6 Å². The quantitative estimate of drug-likeness (QED) is 0.131. The van der Waals surface area contributed by atoms with Gasteiger partial charge >= 0.3 is 6.03 Å². The van der Waals surface area contributed by atoms with Gasteiger partial charge < -0.3 is 35.8 Å². The number of para-hydroxylation sites is 1. The minimum Gasteiger partial charge on any atom is -0.508 e. The number of carbonyl (C=O) groups excluding carboxylic acids is 3. The lowest BCUT2D eigenvalue weighted by Gasteiger charge is -2.46. The lowest BCUT2D eigenvalue weighted by Crippen LogP contribution is -2.69. The van der Waals surface area contributed by atoms with Crippen molar-refractivity contribution in [1.29, 1.82) is 5.26 Å². The zero-order valence-electron chi connectivity index (χ0n) is 24.7. The zero-order valence-corrected chi connectivity index (χ0v) is 24.7. The maximum Gasteiger partial charge on any atom is 0.316 e. The van der Waals surface area contributed by atoms with E-state index >= 15 is 0 Å². The van der Waals surface area contributed by atoms with Gasteiger partial charge in [0.2, 0.25) is 11.8 Å². The van der Waals surface area contributed by atoms with Crippen LogP contribution in [0.2, 0.25) is 0 Å². The second-order valence-electron chi connectivity index (χ2n) is 10.8. The number of benzene rings is 3. The molecule has 0 radical (unpaired) electrons. The first kappa shape index (κ1) is 30.8. The molecule has 230 valence electrons. The molecule has 5 rings (SSSR count). The number of aromatic nitrogens is 1. The molecule has 2 heterocycles. The molecule has 0 aliphatic carbocycles. The van der Waals surface area contributed by atoms with E-state index in [9.17, 15) is 24.8 Å². The second-order valence-corrected chi connectivity index (χ2v) is 10.8. The number of amides is 4. The smallest absolute Gasteiger partial charge is 0.316 e. The topological polar surface area (TPSA) is 154 Å². The van der Waals surface area contributed by atoms with E-state index < -0.39 is 18.2 Å². The number of hydrogen-bond acceptors (Lipinski definition) is 6. The second kappa shape index (κ2) is 14.2. The minimum absolute atomic E-state index is 0.0407. The molecular weight excluding hydrogens is 570 g/mol. The minimum atomic E-state index is -0.946. The van der Waals surface area contributed by atoms with Gasteiger partial charge in [0.05, 0.1) is 24.2 Å². The zero-order chi connectivity index (χ0) is 31.8. The van der Waals surface area contributed by atoms with Crippen LogP contribution in [-0.4, -0.2) is 69.6 Å². The number of phenolic OH excluding ortho intramolecular Hbond substituents is 1. The van der Waals surface area contributed by atoms with Gasteiger partial charge in [0.1, 0.15) is 24.0 Å². The van der Waals surface area contributed by atoms with Crippen molar-refractivity contribution in [2.45, 2.75) is 31.7 Å². The molecule has 0 saturated carbocycles. The van der Waals surface area contributed by atoms with Crippen LogP contribution in [0.3, 0.4) is 0 Å². The van der Waals surface area contributed by atoms with Crippen LogP contribution in [0.25, 0.3) is 10.9 Å². The molecule has 0 spiro atoms. The first-order chi connectivity index (χ1) is 21.9. The number of nitrogens with zero attached hydrogens (tertiary/aromatic N) is 3. The summed E-state index contributed by atoms with van der Waals surface area (Å²) in [4.78, 5) is 47.4. The molecule has 0 unspecified atom stereocenters. The lowest BCUT2D eigenvalue weighted by atomic mass is 9.98. The van der Waals surface area contributed by atoms with Crippen molar-refractivity contribution in [2.75, 3.05) is 19.6 Å². The summed E-state index contributed by atoms with van der Waals surface area (Å²) < 4.78 is 0. The molecule has 5 N–H and O–H groups in total. The summed E-state index contributed by atoms with van der Waals surface area (Å²) >= 11 is 0. The van der Waals surface area contributed by atoms with Crippen molar-refractivity contribution in [2.24, 2.45) is 0 Å². The number of aromatic hydroxyl groups is 1. The number of aromatic amines is 1. The Balaban J connectivity index is 1.47. The van der Waals surface area contributed by atoms with Gasteiger partial charge in [-0.05, 0) is 28.8 Å². The number of nitrogens with one attached hydrogen (secondary N) is 4. The Morgan fingerprint density at radius 1 is 1.07 bits per heavy atom. The van der Waals surface area contributed by atoms with Crippen LogP contribution in [0.5, 0.6) is 5.75 Å². The Bertz CT molecular complexity index is 1710. The average Bonchev–Trinajstić information content (AvgIpc) is 3.48. The van der Waals surface area contributed by atoms with E-state index in [4.69, 9.17) is 0 Å². The monoisotopic (exact) mass is 605 g/mol. The fraction of sp³-hybridized carbons (Fsp3) is 0.235. The van der Waals surface area contributed by atoms with Gasteiger partial charge in [-0.3, -0.25) is 9.59 Å². The summed E-state index contributed by atoms with van der Waals surface area (Å²) in [5.74, 6) is -0.554. The Kier molecular flexibility index (Phi) is 9.77. The molecular formula is C34H35N7O4. The average molecular weight is 606 g/mol. The molecule has 1 saturated heterocycles. The number of nitriles is 1. The van der Waals surface area contributed by atoms with E-state index in [-0.39, 0.29) is 50.2 Å².